The Labute approximate surface area is 181 Å². The SMILES string of the molecule is C[C@@H](NC(=O)c1cc(F)ccc1F)c1nnc2n1CCN(Cc1ccc(F)c(F)c1)CC2. The highest BCUT2D eigenvalue weighted by molar-refractivity contribution is 5.94. The molecule has 0 aliphatic carbocycles. The van der Waals surface area contributed by atoms with Gasteiger partial charge in [0.05, 0.1) is 11.6 Å². The van der Waals surface area contributed by atoms with Gasteiger partial charge >= 0.3 is 0 Å². The third kappa shape index (κ3) is 4.64. The minimum atomic E-state index is -0.880. The van der Waals surface area contributed by atoms with Crippen LogP contribution in [0.1, 0.15) is 40.5 Å². The molecule has 1 aromatic heterocycles. The van der Waals surface area contributed by atoms with Crippen LogP contribution in [0.15, 0.2) is 36.4 Å². The zero-order valence-corrected chi connectivity index (χ0v) is 17.3. The molecule has 0 bridgehead atoms. The molecule has 2 aromatic carbocycles. The summed E-state index contributed by atoms with van der Waals surface area (Å²) in [5, 5.41) is 11.0. The van der Waals surface area contributed by atoms with E-state index in [1.54, 1.807) is 13.0 Å². The van der Waals surface area contributed by atoms with Crippen LogP contribution >= 0.6 is 0 Å². The van der Waals surface area contributed by atoms with Gasteiger partial charge < -0.3 is 9.88 Å². The van der Waals surface area contributed by atoms with Crippen LogP contribution in [0.2, 0.25) is 0 Å². The minimum absolute atomic E-state index is 0.384. The molecule has 168 valence electrons. The van der Waals surface area contributed by atoms with Gasteiger partial charge in [-0.3, -0.25) is 9.69 Å². The Morgan fingerprint density at radius 3 is 2.56 bits per heavy atom. The van der Waals surface area contributed by atoms with Gasteiger partial charge in [-0.25, -0.2) is 17.6 Å². The molecule has 0 saturated carbocycles. The lowest BCUT2D eigenvalue weighted by molar-refractivity contribution is 0.0933. The van der Waals surface area contributed by atoms with E-state index < -0.39 is 35.2 Å². The standard InChI is InChI=1S/C22H21F4N5O/c1-13(27-22(32)16-11-15(23)3-5-17(16)24)21-29-28-20-6-7-30(8-9-31(20)21)12-14-2-4-18(25)19(26)10-14/h2-5,10-11,13H,6-9,12H2,1H3,(H,27,32)/t13-/m1/s1. The van der Waals surface area contributed by atoms with Crippen LogP contribution in [0.5, 0.6) is 0 Å². The average molecular weight is 447 g/mol. The molecule has 3 aromatic rings. The summed E-state index contributed by atoms with van der Waals surface area (Å²) in [5.41, 5.74) is 0.282. The number of carbonyl (C=O) groups is 1. The molecule has 4 rings (SSSR count). The summed E-state index contributed by atoms with van der Waals surface area (Å²) in [4.78, 5) is 14.5. The van der Waals surface area contributed by atoms with Crippen molar-refractivity contribution in [2.45, 2.75) is 32.5 Å². The average Bonchev–Trinajstić information content (AvgIpc) is 3.07. The topological polar surface area (TPSA) is 63.1 Å². The fourth-order valence-electron chi connectivity index (χ4n) is 3.77. The van der Waals surface area contributed by atoms with Gasteiger partial charge in [-0.05, 0) is 42.8 Å². The zero-order valence-electron chi connectivity index (χ0n) is 17.3. The molecule has 0 fully saturated rings. The van der Waals surface area contributed by atoms with Crippen molar-refractivity contribution in [3.8, 4) is 0 Å². The third-order valence-corrected chi connectivity index (χ3v) is 5.45. The summed E-state index contributed by atoms with van der Waals surface area (Å²) in [5.74, 6) is -2.80. The first-order valence-corrected chi connectivity index (χ1v) is 10.2. The fourth-order valence-corrected chi connectivity index (χ4v) is 3.77. The van der Waals surface area contributed by atoms with E-state index in [1.165, 1.54) is 6.07 Å². The molecule has 0 spiro atoms. The summed E-state index contributed by atoms with van der Waals surface area (Å²) >= 11 is 0. The van der Waals surface area contributed by atoms with Crippen LogP contribution in [0, 0.1) is 23.3 Å². The highest BCUT2D eigenvalue weighted by Gasteiger charge is 2.24. The summed E-state index contributed by atoms with van der Waals surface area (Å²) in [6.45, 7) is 3.92. The Hall–Kier alpha value is -3.27. The van der Waals surface area contributed by atoms with E-state index in [-0.39, 0.29) is 5.56 Å². The van der Waals surface area contributed by atoms with Crippen LogP contribution in [0.4, 0.5) is 17.6 Å². The van der Waals surface area contributed by atoms with Gasteiger partial charge in [-0.15, -0.1) is 10.2 Å². The third-order valence-electron chi connectivity index (χ3n) is 5.45. The van der Waals surface area contributed by atoms with Gasteiger partial charge in [0.15, 0.2) is 17.5 Å². The molecule has 1 amide bonds. The monoisotopic (exact) mass is 447 g/mol. The number of rotatable bonds is 5. The second-order valence-electron chi connectivity index (χ2n) is 7.72. The van der Waals surface area contributed by atoms with Gasteiger partial charge in [0.1, 0.15) is 17.5 Å². The molecule has 0 radical (unpaired) electrons. The molecule has 1 aliphatic heterocycles. The van der Waals surface area contributed by atoms with E-state index in [1.807, 2.05) is 4.57 Å². The van der Waals surface area contributed by atoms with Gasteiger partial charge in [0.2, 0.25) is 0 Å². The van der Waals surface area contributed by atoms with E-state index in [0.717, 1.165) is 30.1 Å². The molecule has 32 heavy (non-hydrogen) atoms. The van der Waals surface area contributed by atoms with E-state index in [0.29, 0.717) is 44.0 Å². The number of amides is 1. The molecule has 0 unspecified atom stereocenters. The van der Waals surface area contributed by atoms with Crippen molar-refractivity contribution >= 4 is 5.91 Å². The first-order valence-electron chi connectivity index (χ1n) is 10.2. The fraction of sp³-hybridized carbons (Fsp3) is 0.318. The quantitative estimate of drug-likeness (QED) is 0.610. The second-order valence-corrected chi connectivity index (χ2v) is 7.72. The summed E-state index contributed by atoms with van der Waals surface area (Å²) < 4.78 is 55.9. The number of halogens is 4. The van der Waals surface area contributed by atoms with Crippen molar-refractivity contribution in [3.63, 3.8) is 0 Å². The highest BCUT2D eigenvalue weighted by Crippen LogP contribution is 2.19. The summed E-state index contributed by atoms with van der Waals surface area (Å²) in [6, 6.07) is 5.95. The number of fused-ring (bicyclic) bond motifs is 1. The van der Waals surface area contributed by atoms with Crippen molar-refractivity contribution in [1.82, 2.24) is 25.0 Å². The molecule has 6 nitrogen and oxygen atoms in total. The maximum absolute atomic E-state index is 13.9. The normalized spacial score (nSPS) is 15.2. The number of nitrogens with zero attached hydrogens (tertiary/aromatic N) is 4. The molecule has 1 N–H and O–H groups in total. The van der Waals surface area contributed by atoms with Crippen molar-refractivity contribution in [3.05, 3.63) is 82.4 Å². The Bertz CT molecular complexity index is 1150. The summed E-state index contributed by atoms with van der Waals surface area (Å²) in [7, 11) is 0. The van der Waals surface area contributed by atoms with Crippen LogP contribution in [0.25, 0.3) is 0 Å². The molecule has 10 heteroatoms. The highest BCUT2D eigenvalue weighted by atomic mass is 19.2. The molecule has 0 saturated heterocycles. The zero-order chi connectivity index (χ0) is 22.8. The molecular weight excluding hydrogens is 426 g/mol. The van der Waals surface area contributed by atoms with Crippen LogP contribution < -0.4 is 5.32 Å². The molecular formula is C22H21F4N5O. The number of carbonyl (C=O) groups excluding carboxylic acids is 1. The minimum Gasteiger partial charge on any atom is -0.342 e. The Morgan fingerprint density at radius 1 is 1.00 bits per heavy atom. The Balaban J connectivity index is 1.44. The summed E-state index contributed by atoms with van der Waals surface area (Å²) in [6.07, 6.45) is 0.579. The van der Waals surface area contributed by atoms with Gasteiger partial charge in [0, 0.05) is 32.6 Å². The van der Waals surface area contributed by atoms with Crippen LogP contribution in [-0.4, -0.2) is 38.7 Å². The predicted octanol–water partition coefficient (Wildman–Crippen LogP) is 3.38. The lowest BCUT2D eigenvalue weighted by Crippen LogP contribution is -2.30. The van der Waals surface area contributed by atoms with Gasteiger partial charge in [0.25, 0.3) is 5.91 Å². The molecule has 1 aliphatic rings. The number of nitrogens with one attached hydrogen (secondary N) is 1. The van der Waals surface area contributed by atoms with Crippen molar-refractivity contribution in [2.75, 3.05) is 13.1 Å². The number of hydrogen-bond acceptors (Lipinski definition) is 4. The van der Waals surface area contributed by atoms with Crippen molar-refractivity contribution in [2.24, 2.45) is 0 Å². The van der Waals surface area contributed by atoms with Crippen molar-refractivity contribution in [1.29, 1.82) is 0 Å². The lowest BCUT2D eigenvalue weighted by Gasteiger charge is -2.20. The maximum atomic E-state index is 13.9. The first kappa shape index (κ1) is 21.9. The largest absolute Gasteiger partial charge is 0.342 e. The second kappa shape index (κ2) is 9.07. The Kier molecular flexibility index (Phi) is 6.22. The van der Waals surface area contributed by atoms with Gasteiger partial charge in [-0.2, -0.15) is 0 Å². The lowest BCUT2D eigenvalue weighted by atomic mass is 10.1. The molecule has 2 heterocycles. The van der Waals surface area contributed by atoms with E-state index in [2.05, 4.69) is 20.4 Å². The number of hydrogen-bond donors (Lipinski definition) is 1. The Morgan fingerprint density at radius 2 is 1.78 bits per heavy atom. The van der Waals surface area contributed by atoms with Crippen molar-refractivity contribution < 1.29 is 22.4 Å². The number of aromatic nitrogens is 3. The van der Waals surface area contributed by atoms with E-state index in [9.17, 15) is 22.4 Å². The first-order chi connectivity index (χ1) is 15.3. The van der Waals surface area contributed by atoms with Gasteiger partial charge in [-0.1, -0.05) is 6.07 Å². The predicted molar refractivity (Wildman–Crippen MR) is 108 cm³/mol. The smallest absolute Gasteiger partial charge is 0.254 e. The molecule has 1 atom stereocenters. The maximum Gasteiger partial charge on any atom is 0.254 e. The number of benzene rings is 2. The van der Waals surface area contributed by atoms with E-state index in [4.69, 9.17) is 0 Å². The van der Waals surface area contributed by atoms with Crippen LogP contribution in [0.3, 0.4) is 0 Å². The van der Waals surface area contributed by atoms with Crippen LogP contribution in [-0.2, 0) is 19.5 Å². The van der Waals surface area contributed by atoms with E-state index >= 15 is 0 Å².